The molecule has 0 saturated carbocycles. The van der Waals surface area contributed by atoms with Crippen molar-refractivity contribution in [2.45, 2.75) is 6.92 Å². The predicted octanol–water partition coefficient (Wildman–Crippen LogP) is 2.45. The number of rotatable bonds is 3. The van der Waals surface area contributed by atoms with Crippen LogP contribution in [0, 0.1) is 5.82 Å². The third-order valence-electron chi connectivity index (χ3n) is 2.41. The summed E-state index contributed by atoms with van der Waals surface area (Å²) in [5.41, 5.74) is 0.517. The SMILES string of the molecule is CCOC(=O)c1cc(-c2ncc(Cl)cc2F)nn1C. The lowest BCUT2D eigenvalue weighted by Crippen LogP contribution is -2.10. The minimum Gasteiger partial charge on any atom is -0.461 e. The highest BCUT2D eigenvalue weighted by Crippen LogP contribution is 2.22. The van der Waals surface area contributed by atoms with Gasteiger partial charge in [0.15, 0.2) is 5.82 Å². The summed E-state index contributed by atoms with van der Waals surface area (Å²) in [4.78, 5) is 15.5. The van der Waals surface area contributed by atoms with Crippen LogP contribution in [0.25, 0.3) is 11.4 Å². The van der Waals surface area contributed by atoms with Crippen molar-refractivity contribution in [1.29, 1.82) is 0 Å². The van der Waals surface area contributed by atoms with Crippen LogP contribution >= 0.6 is 11.6 Å². The molecule has 0 fully saturated rings. The summed E-state index contributed by atoms with van der Waals surface area (Å²) in [5.74, 6) is -1.11. The van der Waals surface area contributed by atoms with Gasteiger partial charge in [0, 0.05) is 19.3 Å². The number of hydrogen-bond acceptors (Lipinski definition) is 4. The highest BCUT2D eigenvalue weighted by atomic mass is 35.5. The van der Waals surface area contributed by atoms with Gasteiger partial charge in [-0.25, -0.2) is 14.2 Å². The van der Waals surface area contributed by atoms with E-state index in [2.05, 4.69) is 10.1 Å². The zero-order valence-electron chi connectivity index (χ0n) is 10.4. The third kappa shape index (κ3) is 2.73. The van der Waals surface area contributed by atoms with E-state index in [1.165, 1.54) is 16.9 Å². The van der Waals surface area contributed by atoms with Gasteiger partial charge in [-0.3, -0.25) is 4.68 Å². The Balaban J connectivity index is 2.42. The largest absolute Gasteiger partial charge is 0.461 e. The molecule has 0 N–H and O–H groups in total. The van der Waals surface area contributed by atoms with Gasteiger partial charge in [0.05, 0.1) is 11.6 Å². The monoisotopic (exact) mass is 283 g/mol. The van der Waals surface area contributed by atoms with Crippen LogP contribution in [0.3, 0.4) is 0 Å². The molecule has 0 saturated heterocycles. The van der Waals surface area contributed by atoms with Crippen molar-refractivity contribution >= 4 is 17.6 Å². The Hall–Kier alpha value is -1.95. The van der Waals surface area contributed by atoms with E-state index in [1.54, 1.807) is 14.0 Å². The molecule has 0 aliphatic rings. The van der Waals surface area contributed by atoms with Crippen molar-refractivity contribution in [3.8, 4) is 11.4 Å². The van der Waals surface area contributed by atoms with Gasteiger partial charge in [-0.05, 0) is 13.0 Å². The first-order chi connectivity index (χ1) is 9.02. The number of carbonyl (C=O) groups is 1. The fourth-order valence-corrected chi connectivity index (χ4v) is 1.73. The first-order valence-electron chi connectivity index (χ1n) is 5.55. The van der Waals surface area contributed by atoms with Crippen LogP contribution in [0.2, 0.25) is 5.02 Å². The van der Waals surface area contributed by atoms with Crippen LogP contribution in [0.5, 0.6) is 0 Å². The van der Waals surface area contributed by atoms with Gasteiger partial charge >= 0.3 is 5.97 Å². The van der Waals surface area contributed by atoms with E-state index in [1.807, 2.05) is 0 Å². The topological polar surface area (TPSA) is 57.0 Å². The van der Waals surface area contributed by atoms with Gasteiger partial charge in [-0.15, -0.1) is 0 Å². The molecule has 0 unspecified atom stereocenters. The molecule has 2 rings (SSSR count). The van der Waals surface area contributed by atoms with E-state index >= 15 is 0 Å². The minimum absolute atomic E-state index is 0.0375. The van der Waals surface area contributed by atoms with Gasteiger partial charge in [-0.1, -0.05) is 11.6 Å². The second kappa shape index (κ2) is 5.36. The minimum atomic E-state index is -0.596. The average molecular weight is 284 g/mol. The van der Waals surface area contributed by atoms with E-state index in [0.29, 0.717) is 0 Å². The number of pyridine rings is 1. The van der Waals surface area contributed by atoms with Crippen LogP contribution in [-0.2, 0) is 11.8 Å². The fraction of sp³-hybridized carbons (Fsp3) is 0.250. The van der Waals surface area contributed by atoms with Crippen LogP contribution in [0.4, 0.5) is 4.39 Å². The smallest absolute Gasteiger partial charge is 0.356 e. The molecule has 2 heterocycles. The number of nitrogens with zero attached hydrogens (tertiary/aromatic N) is 3. The van der Waals surface area contributed by atoms with E-state index in [0.717, 1.165) is 6.07 Å². The molecule has 2 aromatic heterocycles. The summed E-state index contributed by atoms with van der Waals surface area (Å²) in [5, 5.41) is 4.24. The first-order valence-corrected chi connectivity index (χ1v) is 5.93. The Morgan fingerprint density at radius 3 is 2.89 bits per heavy atom. The van der Waals surface area contributed by atoms with Crippen molar-refractivity contribution in [2.75, 3.05) is 6.61 Å². The van der Waals surface area contributed by atoms with Crippen LogP contribution < -0.4 is 0 Å². The summed E-state index contributed by atoms with van der Waals surface area (Å²) in [6.07, 6.45) is 1.32. The molecule has 0 radical (unpaired) electrons. The molecule has 100 valence electrons. The molecule has 2 aromatic rings. The van der Waals surface area contributed by atoms with Gasteiger partial charge in [-0.2, -0.15) is 5.10 Å². The van der Waals surface area contributed by atoms with Crippen LogP contribution in [0.1, 0.15) is 17.4 Å². The fourth-order valence-electron chi connectivity index (χ4n) is 1.58. The van der Waals surface area contributed by atoms with Gasteiger partial charge in [0.1, 0.15) is 17.1 Å². The Bertz CT molecular complexity index is 627. The molecule has 0 amide bonds. The van der Waals surface area contributed by atoms with E-state index in [-0.39, 0.29) is 28.7 Å². The highest BCUT2D eigenvalue weighted by molar-refractivity contribution is 6.30. The molecule has 5 nitrogen and oxygen atoms in total. The molecule has 0 atom stereocenters. The molecule has 0 bridgehead atoms. The molecule has 0 aliphatic carbocycles. The number of aryl methyl sites for hydroxylation is 1. The maximum Gasteiger partial charge on any atom is 0.356 e. The Kier molecular flexibility index (Phi) is 3.80. The average Bonchev–Trinajstić information content (AvgIpc) is 2.71. The molecule has 19 heavy (non-hydrogen) atoms. The zero-order valence-corrected chi connectivity index (χ0v) is 11.1. The Morgan fingerprint density at radius 2 is 2.26 bits per heavy atom. The van der Waals surface area contributed by atoms with E-state index in [4.69, 9.17) is 16.3 Å². The number of halogens is 2. The molecular formula is C12H11ClFN3O2. The Labute approximate surface area is 114 Å². The highest BCUT2D eigenvalue weighted by Gasteiger charge is 2.18. The number of aromatic nitrogens is 3. The summed E-state index contributed by atoms with van der Waals surface area (Å²) in [7, 11) is 1.57. The molecule has 0 spiro atoms. The summed E-state index contributed by atoms with van der Waals surface area (Å²) in [6.45, 7) is 1.96. The maximum atomic E-state index is 13.7. The van der Waals surface area contributed by atoms with Crippen molar-refractivity contribution in [3.05, 3.63) is 34.9 Å². The van der Waals surface area contributed by atoms with Crippen LogP contribution in [-0.4, -0.2) is 27.3 Å². The summed E-state index contributed by atoms with van der Waals surface area (Å²) in [6, 6.07) is 2.57. The summed E-state index contributed by atoms with van der Waals surface area (Å²) >= 11 is 5.63. The summed E-state index contributed by atoms with van der Waals surface area (Å²) < 4.78 is 19.9. The van der Waals surface area contributed by atoms with Crippen molar-refractivity contribution < 1.29 is 13.9 Å². The number of ether oxygens (including phenoxy) is 1. The van der Waals surface area contributed by atoms with Crippen molar-refractivity contribution in [3.63, 3.8) is 0 Å². The zero-order chi connectivity index (χ0) is 14.0. The van der Waals surface area contributed by atoms with Crippen LogP contribution in [0.15, 0.2) is 18.3 Å². The van der Waals surface area contributed by atoms with E-state index in [9.17, 15) is 9.18 Å². The third-order valence-corrected chi connectivity index (χ3v) is 2.62. The molecular weight excluding hydrogens is 273 g/mol. The maximum absolute atomic E-state index is 13.7. The predicted molar refractivity (Wildman–Crippen MR) is 67.4 cm³/mol. The van der Waals surface area contributed by atoms with E-state index < -0.39 is 11.8 Å². The lowest BCUT2D eigenvalue weighted by Gasteiger charge is -1.99. The number of carbonyl (C=O) groups excluding carboxylic acids is 1. The Morgan fingerprint density at radius 1 is 1.53 bits per heavy atom. The van der Waals surface area contributed by atoms with Gasteiger partial charge < -0.3 is 4.74 Å². The number of hydrogen-bond donors (Lipinski definition) is 0. The van der Waals surface area contributed by atoms with Gasteiger partial charge in [0.25, 0.3) is 0 Å². The normalized spacial score (nSPS) is 10.5. The molecule has 0 aromatic carbocycles. The van der Waals surface area contributed by atoms with Crippen molar-refractivity contribution in [2.24, 2.45) is 7.05 Å². The second-order valence-electron chi connectivity index (χ2n) is 3.74. The van der Waals surface area contributed by atoms with Crippen molar-refractivity contribution in [1.82, 2.24) is 14.8 Å². The first kappa shape index (κ1) is 13.5. The standard InChI is InChI=1S/C12H11ClFN3O2/c1-3-19-12(18)10-5-9(16-17(10)2)11-8(14)4-7(13)6-15-11/h4-6H,3H2,1-2H3. The lowest BCUT2D eigenvalue weighted by atomic mass is 10.2. The molecule has 0 aliphatic heterocycles. The van der Waals surface area contributed by atoms with Gasteiger partial charge in [0.2, 0.25) is 0 Å². The lowest BCUT2D eigenvalue weighted by molar-refractivity contribution is 0.0513. The molecule has 7 heteroatoms. The quantitative estimate of drug-likeness (QED) is 0.812. The number of esters is 1. The second-order valence-corrected chi connectivity index (χ2v) is 4.18.